The van der Waals surface area contributed by atoms with Crippen LogP contribution < -0.4 is 15.8 Å². The summed E-state index contributed by atoms with van der Waals surface area (Å²) in [4.78, 5) is 25.1. The molecule has 0 fully saturated rings. The van der Waals surface area contributed by atoms with Gasteiger partial charge in [-0.1, -0.05) is 44.2 Å². The number of carbonyl (C=O) groups excluding carboxylic acids is 2. The second-order valence-corrected chi connectivity index (χ2v) is 6.94. The highest BCUT2D eigenvalue weighted by atomic mass is 16.5. The predicted molar refractivity (Wildman–Crippen MR) is 109 cm³/mol. The van der Waals surface area contributed by atoms with E-state index in [0.29, 0.717) is 24.5 Å². The van der Waals surface area contributed by atoms with Gasteiger partial charge in [0, 0.05) is 5.69 Å². The normalized spacial score (nSPS) is 11.7. The largest absolute Gasteiger partial charge is 0.488 e. The number of rotatable bonds is 9. The summed E-state index contributed by atoms with van der Waals surface area (Å²) in [5.74, 6) is -0.249. The Balaban J connectivity index is 2.18. The van der Waals surface area contributed by atoms with E-state index in [4.69, 9.17) is 15.2 Å². The molecule has 0 aliphatic heterocycles. The van der Waals surface area contributed by atoms with Crippen LogP contribution in [0.1, 0.15) is 43.1 Å². The number of carbonyl (C=O) groups is 2. The molecule has 6 nitrogen and oxygen atoms in total. The van der Waals surface area contributed by atoms with Crippen molar-refractivity contribution in [3.8, 4) is 5.75 Å². The molecule has 0 spiro atoms. The number of benzene rings is 2. The molecule has 1 amide bonds. The van der Waals surface area contributed by atoms with Gasteiger partial charge in [0.15, 0.2) is 0 Å². The minimum absolute atomic E-state index is 0.212. The van der Waals surface area contributed by atoms with Gasteiger partial charge in [-0.05, 0) is 43.0 Å². The van der Waals surface area contributed by atoms with Crippen molar-refractivity contribution < 1.29 is 19.1 Å². The number of amides is 1. The molecular weight excluding hydrogens is 356 g/mol. The van der Waals surface area contributed by atoms with Crippen LogP contribution in [0.25, 0.3) is 0 Å². The van der Waals surface area contributed by atoms with Crippen LogP contribution in [-0.4, -0.2) is 24.5 Å². The Bertz CT molecular complexity index is 790. The van der Waals surface area contributed by atoms with Gasteiger partial charge in [-0.25, -0.2) is 4.79 Å². The fourth-order valence-corrected chi connectivity index (χ4v) is 2.75. The number of hydrogen-bond donors (Lipinski definition) is 2. The van der Waals surface area contributed by atoms with E-state index in [9.17, 15) is 9.59 Å². The first-order valence-electron chi connectivity index (χ1n) is 9.44. The van der Waals surface area contributed by atoms with Crippen LogP contribution in [0.5, 0.6) is 5.75 Å². The molecule has 0 bridgehead atoms. The van der Waals surface area contributed by atoms with Crippen LogP contribution in [0, 0.1) is 5.92 Å². The summed E-state index contributed by atoms with van der Waals surface area (Å²) < 4.78 is 10.9. The summed E-state index contributed by atoms with van der Waals surface area (Å²) in [5.41, 5.74) is 7.57. The molecule has 0 aliphatic carbocycles. The molecule has 0 aromatic heterocycles. The molecule has 2 aromatic rings. The molecule has 2 rings (SSSR count). The Morgan fingerprint density at radius 1 is 1.11 bits per heavy atom. The second-order valence-electron chi connectivity index (χ2n) is 6.94. The number of hydrogen-bond acceptors (Lipinski definition) is 5. The third-order valence-corrected chi connectivity index (χ3v) is 4.07. The Hall–Kier alpha value is -3.02. The topological polar surface area (TPSA) is 90.7 Å². The number of ether oxygens (including phenoxy) is 2. The van der Waals surface area contributed by atoms with E-state index in [-0.39, 0.29) is 18.1 Å². The Morgan fingerprint density at radius 3 is 2.46 bits per heavy atom. The maximum atomic E-state index is 12.9. The van der Waals surface area contributed by atoms with E-state index < -0.39 is 17.9 Å². The zero-order valence-electron chi connectivity index (χ0n) is 16.6. The number of nitrogens with two attached hydrogens (primary N) is 1. The molecule has 6 heteroatoms. The minimum atomic E-state index is -0.726. The maximum Gasteiger partial charge on any atom is 0.328 e. The third kappa shape index (κ3) is 6.30. The fourth-order valence-electron chi connectivity index (χ4n) is 2.75. The van der Waals surface area contributed by atoms with Crippen molar-refractivity contribution >= 4 is 17.6 Å². The average Bonchev–Trinajstić information content (AvgIpc) is 2.67. The van der Waals surface area contributed by atoms with Gasteiger partial charge in [0.1, 0.15) is 18.4 Å². The highest BCUT2D eigenvalue weighted by molar-refractivity contribution is 5.99. The summed E-state index contributed by atoms with van der Waals surface area (Å²) in [6.07, 6.45) is 0.479. The van der Waals surface area contributed by atoms with Crippen molar-refractivity contribution in [2.45, 2.75) is 39.8 Å². The molecule has 3 N–H and O–H groups in total. The number of nitrogen functional groups attached to an aromatic ring is 1. The molecule has 0 saturated heterocycles. The molecule has 1 atom stereocenters. The summed E-state index contributed by atoms with van der Waals surface area (Å²) in [5, 5.41) is 2.77. The fraction of sp³-hybridized carbons (Fsp3) is 0.364. The lowest BCUT2D eigenvalue weighted by molar-refractivity contribution is -0.145. The highest BCUT2D eigenvalue weighted by Gasteiger charge is 2.25. The minimum Gasteiger partial charge on any atom is -0.488 e. The van der Waals surface area contributed by atoms with Crippen molar-refractivity contribution in [2.24, 2.45) is 5.92 Å². The van der Waals surface area contributed by atoms with E-state index in [1.165, 1.54) is 0 Å². The maximum absolute atomic E-state index is 12.9. The Kier molecular flexibility index (Phi) is 7.87. The SMILES string of the molecule is CCOC(=O)[C@H](CC(C)C)NC(=O)c1cc(N)ccc1OCc1ccccc1. The molecule has 28 heavy (non-hydrogen) atoms. The van der Waals surface area contributed by atoms with Crippen molar-refractivity contribution in [1.29, 1.82) is 0 Å². The molecule has 150 valence electrons. The van der Waals surface area contributed by atoms with Crippen LogP contribution >= 0.6 is 0 Å². The van der Waals surface area contributed by atoms with Gasteiger partial charge in [0.25, 0.3) is 5.91 Å². The van der Waals surface area contributed by atoms with Crippen LogP contribution in [-0.2, 0) is 16.1 Å². The quantitative estimate of drug-likeness (QED) is 0.510. The first-order chi connectivity index (χ1) is 13.4. The monoisotopic (exact) mass is 384 g/mol. The molecule has 0 aliphatic rings. The highest BCUT2D eigenvalue weighted by Crippen LogP contribution is 2.23. The molecule has 2 aromatic carbocycles. The van der Waals surface area contributed by atoms with Crippen LogP contribution in [0.15, 0.2) is 48.5 Å². The van der Waals surface area contributed by atoms with Crippen molar-refractivity contribution in [3.05, 3.63) is 59.7 Å². The van der Waals surface area contributed by atoms with Gasteiger partial charge >= 0.3 is 5.97 Å². The molecular formula is C22H28N2O4. The first-order valence-corrected chi connectivity index (χ1v) is 9.44. The van der Waals surface area contributed by atoms with E-state index in [2.05, 4.69) is 5.32 Å². The van der Waals surface area contributed by atoms with Crippen molar-refractivity contribution in [2.75, 3.05) is 12.3 Å². The molecule has 0 radical (unpaired) electrons. The standard InChI is InChI=1S/C22H28N2O4/c1-4-27-22(26)19(12-15(2)3)24-21(25)18-13-17(23)10-11-20(18)28-14-16-8-6-5-7-9-16/h5-11,13,15,19H,4,12,14,23H2,1-3H3,(H,24,25)/t19-/m0/s1. The van der Waals surface area contributed by atoms with Gasteiger partial charge in [0.2, 0.25) is 0 Å². The van der Waals surface area contributed by atoms with Gasteiger partial charge < -0.3 is 20.5 Å². The van der Waals surface area contributed by atoms with Crippen LogP contribution in [0.2, 0.25) is 0 Å². The summed E-state index contributed by atoms with van der Waals surface area (Å²) in [6, 6.07) is 13.8. The second kappa shape index (κ2) is 10.3. The van der Waals surface area contributed by atoms with Crippen molar-refractivity contribution in [1.82, 2.24) is 5.32 Å². The first kappa shape index (κ1) is 21.3. The lowest BCUT2D eigenvalue weighted by Crippen LogP contribution is -2.42. The number of nitrogens with one attached hydrogen (secondary N) is 1. The van der Waals surface area contributed by atoms with E-state index in [0.717, 1.165) is 5.56 Å². The molecule has 0 unspecified atom stereocenters. The summed E-state index contributed by atoms with van der Waals surface area (Å²) in [7, 11) is 0. The van der Waals surface area contributed by atoms with Crippen molar-refractivity contribution in [3.63, 3.8) is 0 Å². The lowest BCUT2D eigenvalue weighted by Gasteiger charge is -2.20. The smallest absolute Gasteiger partial charge is 0.328 e. The summed E-state index contributed by atoms with van der Waals surface area (Å²) >= 11 is 0. The van der Waals surface area contributed by atoms with Crippen LogP contribution in [0.3, 0.4) is 0 Å². The lowest BCUT2D eigenvalue weighted by atomic mass is 10.0. The number of anilines is 1. The van der Waals surface area contributed by atoms with E-state index >= 15 is 0 Å². The van der Waals surface area contributed by atoms with E-state index in [1.54, 1.807) is 25.1 Å². The zero-order chi connectivity index (χ0) is 20.5. The third-order valence-electron chi connectivity index (χ3n) is 4.07. The molecule has 0 heterocycles. The van der Waals surface area contributed by atoms with E-state index in [1.807, 2.05) is 44.2 Å². The zero-order valence-corrected chi connectivity index (χ0v) is 16.6. The molecule has 0 saturated carbocycles. The number of esters is 1. The van der Waals surface area contributed by atoms with Gasteiger partial charge in [-0.15, -0.1) is 0 Å². The summed E-state index contributed by atoms with van der Waals surface area (Å²) in [6.45, 7) is 6.27. The predicted octanol–water partition coefficient (Wildman–Crippen LogP) is 3.56. The Labute approximate surface area is 166 Å². The van der Waals surface area contributed by atoms with Gasteiger partial charge in [-0.3, -0.25) is 4.79 Å². The Morgan fingerprint density at radius 2 is 1.82 bits per heavy atom. The van der Waals surface area contributed by atoms with Gasteiger partial charge in [0.05, 0.1) is 12.2 Å². The van der Waals surface area contributed by atoms with Crippen LogP contribution in [0.4, 0.5) is 5.69 Å². The average molecular weight is 384 g/mol. The van der Waals surface area contributed by atoms with Gasteiger partial charge in [-0.2, -0.15) is 0 Å².